The fraction of sp³-hybridized carbons (Fsp3) is 1.00. The smallest absolute Gasteiger partial charge is 0.268 e. The van der Waals surface area contributed by atoms with Gasteiger partial charge in [-0.15, -0.1) is 0 Å². The van der Waals surface area contributed by atoms with E-state index in [-0.39, 0.29) is 0 Å². The van der Waals surface area contributed by atoms with Gasteiger partial charge in [-0.25, -0.2) is 0 Å². The third-order valence-electron chi connectivity index (χ3n) is 6.90. The summed E-state index contributed by atoms with van der Waals surface area (Å²) in [7, 11) is -5.12. The molecule has 0 aromatic heterocycles. The quantitative estimate of drug-likeness (QED) is 0.0859. The lowest BCUT2D eigenvalue weighted by Gasteiger charge is -2.43. The maximum atomic E-state index is 11.4. The fourth-order valence-electron chi connectivity index (χ4n) is 4.38. The zero-order valence-electron chi connectivity index (χ0n) is 23.6. The highest BCUT2D eigenvalue weighted by Gasteiger charge is 2.50. The van der Waals surface area contributed by atoms with Crippen molar-refractivity contribution in [3.8, 4) is 0 Å². The molecule has 0 saturated heterocycles. The van der Waals surface area contributed by atoms with Crippen molar-refractivity contribution in [1.82, 2.24) is 0 Å². The summed E-state index contributed by atoms with van der Waals surface area (Å²) < 4.78 is 21.4. The predicted octanol–water partition coefficient (Wildman–Crippen LogP) is 0.0315. The van der Waals surface area contributed by atoms with Gasteiger partial charge in [-0.05, 0) is 25.7 Å². The summed E-state index contributed by atoms with van der Waals surface area (Å²) in [5.74, 6) is 0. The van der Waals surface area contributed by atoms with Crippen molar-refractivity contribution in [3.05, 3.63) is 0 Å². The molecule has 0 aliphatic heterocycles. The van der Waals surface area contributed by atoms with E-state index in [9.17, 15) is 35.0 Å². The number of hydrogen-bond acceptors (Lipinski definition) is 11. The molecule has 0 radical (unpaired) electrons. The van der Waals surface area contributed by atoms with Crippen LogP contribution in [0.15, 0.2) is 0 Å². The molecule has 1 aliphatic carbocycles. The molecule has 1 rings (SSSR count). The van der Waals surface area contributed by atoms with Gasteiger partial charge >= 0.3 is 0 Å². The highest BCUT2D eigenvalue weighted by atomic mass is 31.2. The van der Waals surface area contributed by atoms with Gasteiger partial charge < -0.3 is 54.2 Å². The summed E-state index contributed by atoms with van der Waals surface area (Å²) in [5.41, 5.74) is 0. The van der Waals surface area contributed by atoms with E-state index in [4.69, 9.17) is 10.2 Å². The molecule has 0 amide bonds. The van der Waals surface area contributed by atoms with E-state index in [0.717, 1.165) is 0 Å². The van der Waals surface area contributed by atoms with E-state index in [1.807, 2.05) is 0 Å². The van der Waals surface area contributed by atoms with E-state index in [1.54, 1.807) is 0 Å². The van der Waals surface area contributed by atoms with Crippen molar-refractivity contribution in [3.63, 3.8) is 0 Å². The van der Waals surface area contributed by atoms with Crippen LogP contribution in [-0.4, -0.2) is 122 Å². The second-order valence-electron chi connectivity index (χ2n) is 10.3. The van der Waals surface area contributed by atoms with Gasteiger partial charge in [0.25, 0.3) is 7.82 Å². The number of hydrogen-bond donors (Lipinski definition) is 7. The molecule has 0 spiro atoms. The largest absolute Gasteiger partial charge is 0.756 e. The average Bonchev–Trinajstić information content (AvgIpc) is 2.91. The first kappa shape index (κ1) is 37.8. The van der Waals surface area contributed by atoms with Crippen LogP contribution in [0.25, 0.3) is 0 Å². The number of nitrogens with zero attached hydrogens (tertiary/aromatic N) is 1. The lowest BCUT2D eigenvalue weighted by Crippen LogP contribution is -2.64. The van der Waals surface area contributed by atoms with Crippen LogP contribution in [0.5, 0.6) is 0 Å². The van der Waals surface area contributed by atoms with Crippen molar-refractivity contribution < 1.29 is 58.7 Å². The summed E-state index contributed by atoms with van der Waals surface area (Å²) in [6.45, 7) is 13.4. The number of quaternary nitrogens is 1. The summed E-state index contributed by atoms with van der Waals surface area (Å²) in [6.07, 6.45) is -2.21. The second-order valence-corrected chi connectivity index (χ2v) is 11.6. The van der Waals surface area contributed by atoms with Gasteiger partial charge in [0.1, 0.15) is 42.7 Å². The Bertz CT molecular complexity index is 591. The Morgan fingerprint density at radius 3 is 1.39 bits per heavy atom. The van der Waals surface area contributed by atoms with Gasteiger partial charge in [0.2, 0.25) is 0 Å². The van der Waals surface area contributed by atoms with Crippen LogP contribution in [0.2, 0.25) is 0 Å². The Hall–Kier alpha value is -0.210. The van der Waals surface area contributed by atoms with Gasteiger partial charge in [-0.2, -0.15) is 0 Å². The third kappa shape index (κ3) is 13.4. The third-order valence-corrected chi connectivity index (χ3v) is 7.87. The molecule has 7 N–H and O–H groups in total. The van der Waals surface area contributed by atoms with E-state index in [0.29, 0.717) is 0 Å². The van der Waals surface area contributed by atoms with E-state index >= 15 is 0 Å². The molecule has 13 heteroatoms. The Morgan fingerprint density at radius 2 is 1.08 bits per heavy atom. The maximum absolute atomic E-state index is 11.4. The molecular formula is C25H54NO11P. The van der Waals surface area contributed by atoms with Crippen LogP contribution in [0.4, 0.5) is 0 Å². The van der Waals surface area contributed by atoms with Crippen LogP contribution >= 0.6 is 7.82 Å². The highest BCUT2D eigenvalue weighted by molar-refractivity contribution is 7.45. The monoisotopic (exact) mass is 575 g/mol. The molecular weight excluding hydrogens is 521 g/mol. The van der Waals surface area contributed by atoms with Crippen LogP contribution in [0.3, 0.4) is 0 Å². The van der Waals surface area contributed by atoms with Crippen LogP contribution in [0, 0.1) is 0 Å². The maximum Gasteiger partial charge on any atom is 0.268 e. The molecule has 230 valence electrons. The molecule has 0 heterocycles. The number of unbranched alkanes of at least 4 members (excludes halogenated alkanes) is 4. The minimum Gasteiger partial charge on any atom is -0.756 e. The van der Waals surface area contributed by atoms with Gasteiger partial charge in [-0.3, -0.25) is 4.57 Å². The molecule has 0 aromatic rings. The van der Waals surface area contributed by atoms with E-state index in [2.05, 4.69) is 36.7 Å². The van der Waals surface area contributed by atoms with Crippen LogP contribution < -0.4 is 4.89 Å². The van der Waals surface area contributed by atoms with Crippen LogP contribution in [0.1, 0.15) is 79.1 Å². The van der Waals surface area contributed by atoms with Gasteiger partial charge in [0.05, 0.1) is 39.4 Å². The summed E-state index contributed by atoms with van der Waals surface area (Å²) in [6, 6.07) is 0. The Balaban J connectivity index is 0.000000739. The Labute approximate surface area is 228 Å². The minimum absolute atomic E-state index is 0.766. The van der Waals surface area contributed by atoms with Crippen LogP contribution in [-0.2, 0) is 13.6 Å². The molecule has 3 unspecified atom stereocenters. The van der Waals surface area contributed by atoms with Gasteiger partial charge in [0.15, 0.2) is 0 Å². The summed E-state index contributed by atoms with van der Waals surface area (Å²) in [4.78, 5) is 11.4. The number of phosphoric acid groups is 1. The SMILES string of the molecule is CCCC[N+](CCCC)(CCCC)CCCC.O=P([O-])(OC[C@@H](O)CO)OC1[C@H](O)[C@H](O)C(O)[C@H](O)[C@H]1O. The number of aliphatic hydroxyl groups excluding tert-OH is 7. The normalized spacial score (nSPS) is 28.3. The van der Waals surface area contributed by atoms with Crippen molar-refractivity contribution in [2.24, 2.45) is 0 Å². The first-order valence-electron chi connectivity index (χ1n) is 14.0. The van der Waals surface area contributed by atoms with Gasteiger partial charge in [0, 0.05) is 0 Å². The zero-order chi connectivity index (χ0) is 29.4. The first-order chi connectivity index (χ1) is 17.8. The van der Waals surface area contributed by atoms with Crippen molar-refractivity contribution in [2.75, 3.05) is 39.4 Å². The molecule has 8 atom stereocenters. The first-order valence-corrected chi connectivity index (χ1v) is 15.5. The summed E-state index contributed by atoms with van der Waals surface area (Å²) in [5, 5.41) is 64.7. The Morgan fingerprint density at radius 1 is 0.737 bits per heavy atom. The zero-order valence-corrected chi connectivity index (χ0v) is 24.5. The molecule has 12 nitrogen and oxygen atoms in total. The van der Waals surface area contributed by atoms with Gasteiger partial charge in [-0.1, -0.05) is 53.4 Å². The number of aliphatic hydroxyl groups is 7. The lowest BCUT2D eigenvalue weighted by molar-refractivity contribution is -0.929. The number of rotatable bonds is 18. The average molecular weight is 576 g/mol. The summed E-state index contributed by atoms with van der Waals surface area (Å²) >= 11 is 0. The van der Waals surface area contributed by atoms with E-state index in [1.165, 1.54) is 82.0 Å². The number of phosphoric ester groups is 1. The van der Waals surface area contributed by atoms with Crippen molar-refractivity contribution in [1.29, 1.82) is 0 Å². The highest BCUT2D eigenvalue weighted by Crippen LogP contribution is 2.43. The molecule has 1 fully saturated rings. The minimum atomic E-state index is -5.12. The fourth-order valence-corrected chi connectivity index (χ4v) is 5.34. The molecule has 1 aliphatic rings. The lowest BCUT2D eigenvalue weighted by atomic mass is 9.85. The Kier molecular flexibility index (Phi) is 19.7. The predicted molar refractivity (Wildman–Crippen MR) is 141 cm³/mol. The molecule has 38 heavy (non-hydrogen) atoms. The standard InChI is InChI=1S/C16H36N.C9H19O11P/c1-5-9-13-17(14-10-6-2,15-11-7-3)16-12-8-4;10-1-3(11)2-19-21(17,18)20-9-7(15)5(13)4(12)6(14)8(9)16/h5-16H2,1-4H3;3-16H,1-2H2,(H,17,18)/q+1;/p-1/t;3-,4?,5-,6+,7+,8+,9?/m.0/s1. The topological polar surface area (TPSA) is 200 Å². The molecule has 1 saturated carbocycles. The van der Waals surface area contributed by atoms with Crippen molar-refractivity contribution in [2.45, 2.75) is 122 Å². The van der Waals surface area contributed by atoms with E-state index < -0.39 is 63.8 Å². The molecule has 0 bridgehead atoms. The molecule has 0 aromatic carbocycles. The second kappa shape index (κ2) is 19.8. The van der Waals surface area contributed by atoms with Crippen molar-refractivity contribution >= 4 is 7.82 Å².